The van der Waals surface area contributed by atoms with E-state index in [4.69, 9.17) is 15.0 Å². The van der Waals surface area contributed by atoms with Gasteiger partial charge in [0.1, 0.15) is 5.75 Å². The molecule has 0 bridgehead atoms. The molecule has 2 aromatic rings. The van der Waals surface area contributed by atoms with E-state index in [1.165, 1.54) is 0 Å². The van der Waals surface area contributed by atoms with Crippen molar-refractivity contribution in [2.75, 3.05) is 13.7 Å². The van der Waals surface area contributed by atoms with E-state index in [1.807, 2.05) is 12.1 Å². The molecule has 1 heterocycles. The lowest BCUT2D eigenvalue weighted by Crippen LogP contribution is -2.38. The summed E-state index contributed by atoms with van der Waals surface area (Å²) < 4.78 is 10.3. The first kappa shape index (κ1) is 14.5. The van der Waals surface area contributed by atoms with Crippen LogP contribution in [0.3, 0.4) is 0 Å². The fraction of sp³-hybridized carbons (Fsp3) is 0.400. The summed E-state index contributed by atoms with van der Waals surface area (Å²) in [5.41, 5.74) is 6.64. The fourth-order valence-corrected chi connectivity index (χ4v) is 2.17. The highest BCUT2D eigenvalue weighted by Gasteiger charge is 2.29. The van der Waals surface area contributed by atoms with Crippen LogP contribution < -0.4 is 15.8 Å². The summed E-state index contributed by atoms with van der Waals surface area (Å²) in [4.78, 5) is 16.1. The normalized spacial score (nSPS) is 15.4. The summed E-state index contributed by atoms with van der Waals surface area (Å²) in [5, 5.41) is 6.44. The number of nitrogens with one attached hydrogen (secondary N) is 1. The molecule has 116 valence electrons. The molecule has 1 unspecified atom stereocenters. The zero-order valence-corrected chi connectivity index (χ0v) is 12.3. The minimum Gasteiger partial charge on any atom is -0.497 e. The van der Waals surface area contributed by atoms with Gasteiger partial charge < -0.3 is 20.3 Å². The zero-order chi connectivity index (χ0) is 15.5. The zero-order valence-electron chi connectivity index (χ0n) is 12.3. The second-order valence-corrected chi connectivity index (χ2v) is 5.37. The van der Waals surface area contributed by atoms with Crippen LogP contribution in [-0.4, -0.2) is 35.7 Å². The Morgan fingerprint density at radius 3 is 3.09 bits per heavy atom. The summed E-state index contributed by atoms with van der Waals surface area (Å²) >= 11 is 0. The Kier molecular flexibility index (Phi) is 4.06. The molecule has 1 aliphatic carbocycles. The molecule has 1 aromatic carbocycles. The smallest absolute Gasteiger partial charge is 0.292 e. The molecule has 7 heteroatoms. The molecule has 1 aliphatic rings. The van der Waals surface area contributed by atoms with Crippen LogP contribution >= 0.6 is 0 Å². The van der Waals surface area contributed by atoms with Gasteiger partial charge in [-0.3, -0.25) is 4.79 Å². The number of rotatable bonds is 6. The van der Waals surface area contributed by atoms with Crippen molar-refractivity contribution in [3.05, 3.63) is 30.1 Å². The highest BCUT2D eigenvalue weighted by atomic mass is 16.5. The average molecular weight is 302 g/mol. The van der Waals surface area contributed by atoms with E-state index in [0.29, 0.717) is 23.8 Å². The van der Waals surface area contributed by atoms with Crippen molar-refractivity contribution >= 4 is 5.91 Å². The number of benzene rings is 1. The maximum atomic E-state index is 12.0. The molecule has 1 aromatic heterocycles. The van der Waals surface area contributed by atoms with Crippen LogP contribution in [0.4, 0.5) is 0 Å². The first-order chi connectivity index (χ1) is 10.7. The van der Waals surface area contributed by atoms with E-state index in [1.54, 1.807) is 19.2 Å². The standard InChI is InChI=1S/C15H18N4O3/c1-21-11-4-2-3-10(7-11)15-18-13(19-22-15)14(20)17-8-12(16)9-5-6-9/h2-4,7,9,12H,5-6,8,16H2,1H3,(H,17,20). The monoisotopic (exact) mass is 302 g/mol. The second kappa shape index (κ2) is 6.15. The molecule has 0 aliphatic heterocycles. The van der Waals surface area contributed by atoms with Crippen molar-refractivity contribution in [3.8, 4) is 17.2 Å². The van der Waals surface area contributed by atoms with Gasteiger partial charge in [-0.15, -0.1) is 0 Å². The highest BCUT2D eigenvalue weighted by Crippen LogP contribution is 2.31. The molecule has 3 N–H and O–H groups in total. The predicted molar refractivity (Wildman–Crippen MR) is 79.3 cm³/mol. The van der Waals surface area contributed by atoms with Gasteiger partial charge in [-0.1, -0.05) is 11.2 Å². The van der Waals surface area contributed by atoms with Gasteiger partial charge in [0, 0.05) is 18.2 Å². The largest absolute Gasteiger partial charge is 0.497 e. The number of aromatic nitrogens is 2. The number of nitrogens with two attached hydrogens (primary N) is 1. The summed E-state index contributed by atoms with van der Waals surface area (Å²) in [7, 11) is 1.58. The number of hydrogen-bond acceptors (Lipinski definition) is 6. The first-order valence-electron chi connectivity index (χ1n) is 7.19. The summed E-state index contributed by atoms with van der Waals surface area (Å²) in [6.45, 7) is 0.423. The Bertz CT molecular complexity index is 666. The predicted octanol–water partition coefficient (Wildman–Crippen LogP) is 1.21. The summed E-state index contributed by atoms with van der Waals surface area (Å²) in [6, 6.07) is 7.19. The first-order valence-corrected chi connectivity index (χ1v) is 7.19. The van der Waals surface area contributed by atoms with Crippen molar-refractivity contribution in [1.29, 1.82) is 0 Å². The molecule has 1 atom stereocenters. The highest BCUT2D eigenvalue weighted by molar-refractivity contribution is 5.90. The Hall–Kier alpha value is -2.41. The van der Waals surface area contributed by atoms with Gasteiger partial charge in [-0.25, -0.2) is 0 Å². The summed E-state index contributed by atoms with van der Waals surface area (Å²) in [5.74, 6) is 1.10. The van der Waals surface area contributed by atoms with E-state index < -0.39 is 0 Å². The third-order valence-electron chi connectivity index (χ3n) is 3.67. The fourth-order valence-electron chi connectivity index (χ4n) is 2.17. The topological polar surface area (TPSA) is 103 Å². The van der Waals surface area contributed by atoms with E-state index >= 15 is 0 Å². The van der Waals surface area contributed by atoms with Crippen LogP contribution in [0.2, 0.25) is 0 Å². The Labute approximate surface area is 127 Å². The van der Waals surface area contributed by atoms with E-state index in [0.717, 1.165) is 12.8 Å². The second-order valence-electron chi connectivity index (χ2n) is 5.37. The number of amides is 1. The Morgan fingerprint density at radius 2 is 2.36 bits per heavy atom. The molecule has 0 spiro atoms. The number of ether oxygens (including phenoxy) is 1. The molecule has 7 nitrogen and oxygen atoms in total. The quantitative estimate of drug-likeness (QED) is 0.831. The third kappa shape index (κ3) is 3.25. The van der Waals surface area contributed by atoms with Gasteiger partial charge in [0.05, 0.1) is 7.11 Å². The van der Waals surface area contributed by atoms with Gasteiger partial charge in [0.2, 0.25) is 0 Å². The number of methoxy groups -OCH3 is 1. The third-order valence-corrected chi connectivity index (χ3v) is 3.67. The molecule has 0 radical (unpaired) electrons. The maximum absolute atomic E-state index is 12.0. The molecule has 1 fully saturated rings. The van der Waals surface area contributed by atoms with E-state index in [9.17, 15) is 4.79 Å². The van der Waals surface area contributed by atoms with Crippen molar-refractivity contribution in [2.45, 2.75) is 18.9 Å². The molecular formula is C15H18N4O3. The Balaban J connectivity index is 1.65. The molecule has 0 saturated heterocycles. The lowest BCUT2D eigenvalue weighted by Gasteiger charge is -2.09. The van der Waals surface area contributed by atoms with Crippen LogP contribution in [0, 0.1) is 5.92 Å². The van der Waals surface area contributed by atoms with Crippen molar-refractivity contribution in [1.82, 2.24) is 15.5 Å². The van der Waals surface area contributed by atoms with Gasteiger partial charge >= 0.3 is 0 Å². The van der Waals surface area contributed by atoms with Crippen molar-refractivity contribution < 1.29 is 14.1 Å². The minimum atomic E-state index is -0.381. The van der Waals surface area contributed by atoms with Crippen LogP contribution in [0.25, 0.3) is 11.5 Å². The van der Waals surface area contributed by atoms with Crippen molar-refractivity contribution in [3.63, 3.8) is 0 Å². The molecule has 3 rings (SSSR count). The Morgan fingerprint density at radius 1 is 1.55 bits per heavy atom. The molecule has 1 saturated carbocycles. The lowest BCUT2D eigenvalue weighted by molar-refractivity contribution is 0.0937. The average Bonchev–Trinajstić information content (AvgIpc) is 3.29. The maximum Gasteiger partial charge on any atom is 0.292 e. The van der Waals surface area contributed by atoms with Gasteiger partial charge in [-0.2, -0.15) is 4.98 Å². The number of carbonyl (C=O) groups excluding carboxylic acids is 1. The van der Waals surface area contributed by atoms with Crippen LogP contribution in [0.1, 0.15) is 23.5 Å². The number of carbonyl (C=O) groups is 1. The van der Waals surface area contributed by atoms with Gasteiger partial charge in [-0.05, 0) is 37.0 Å². The summed E-state index contributed by atoms with van der Waals surface area (Å²) in [6.07, 6.45) is 2.28. The lowest BCUT2D eigenvalue weighted by atomic mass is 10.2. The minimum absolute atomic E-state index is 0.000756. The van der Waals surface area contributed by atoms with Gasteiger partial charge in [0.15, 0.2) is 0 Å². The van der Waals surface area contributed by atoms with Crippen molar-refractivity contribution in [2.24, 2.45) is 11.7 Å². The van der Waals surface area contributed by atoms with Gasteiger partial charge in [0.25, 0.3) is 17.6 Å². The molecule has 1 amide bonds. The number of hydrogen-bond donors (Lipinski definition) is 2. The SMILES string of the molecule is COc1cccc(-c2nc(C(=O)NCC(N)C3CC3)no2)c1. The number of nitrogens with zero attached hydrogens (tertiary/aromatic N) is 2. The molecule has 22 heavy (non-hydrogen) atoms. The van der Waals surface area contributed by atoms with Crippen LogP contribution in [0.5, 0.6) is 5.75 Å². The van der Waals surface area contributed by atoms with E-state index in [-0.39, 0.29) is 23.7 Å². The van der Waals surface area contributed by atoms with E-state index in [2.05, 4.69) is 15.5 Å². The van der Waals surface area contributed by atoms with Crippen LogP contribution in [0.15, 0.2) is 28.8 Å². The molecular weight excluding hydrogens is 284 g/mol. The van der Waals surface area contributed by atoms with Crippen LogP contribution in [-0.2, 0) is 0 Å².